The summed E-state index contributed by atoms with van der Waals surface area (Å²) in [5.74, 6) is -0.0547. The Hall–Kier alpha value is -2.24. The predicted molar refractivity (Wildman–Crippen MR) is 91.2 cm³/mol. The van der Waals surface area contributed by atoms with E-state index in [-0.39, 0.29) is 12.3 Å². The first-order chi connectivity index (χ1) is 10.8. The number of rotatable bonds is 5. The zero-order chi connectivity index (χ0) is 15.4. The Morgan fingerprint density at radius 1 is 1.18 bits per heavy atom. The molecule has 3 aromatic rings. The van der Waals surface area contributed by atoms with Crippen LogP contribution in [0.2, 0.25) is 0 Å². The number of nitrogens with two attached hydrogens (primary N) is 1. The first-order valence-corrected chi connectivity index (χ1v) is 8.05. The molecule has 2 aromatic carbocycles. The number of thiazole rings is 1. The molecule has 0 fully saturated rings. The van der Waals surface area contributed by atoms with Gasteiger partial charge in [-0.1, -0.05) is 36.4 Å². The van der Waals surface area contributed by atoms with Crippen molar-refractivity contribution in [1.82, 2.24) is 4.98 Å². The fourth-order valence-electron chi connectivity index (χ4n) is 2.36. The number of carbonyl (C=O) groups is 1. The van der Waals surface area contributed by atoms with Crippen molar-refractivity contribution in [2.75, 3.05) is 11.9 Å². The minimum Gasteiger partial charge on any atom is -0.330 e. The third kappa shape index (κ3) is 3.32. The smallest absolute Gasteiger partial charge is 0.230 e. The standard InChI is InChI=1S/C17H17N3OS/c18-9-8-17-19-13(11-22-17)10-16(21)20-15-7-3-5-12-4-1-2-6-14(12)15/h1-7,11H,8-10,18H2,(H,20,21). The molecule has 0 saturated heterocycles. The number of nitrogens with zero attached hydrogens (tertiary/aromatic N) is 1. The Labute approximate surface area is 133 Å². The Bertz CT molecular complexity index is 792. The second-order valence-corrected chi connectivity index (χ2v) is 5.97. The molecular weight excluding hydrogens is 294 g/mol. The summed E-state index contributed by atoms with van der Waals surface area (Å²) in [5, 5.41) is 8.03. The lowest BCUT2D eigenvalue weighted by atomic mass is 10.1. The predicted octanol–water partition coefficient (Wildman–Crippen LogP) is 2.98. The number of nitrogens with one attached hydrogen (secondary N) is 1. The molecule has 0 spiro atoms. The summed E-state index contributed by atoms with van der Waals surface area (Å²) in [7, 11) is 0. The van der Waals surface area contributed by atoms with E-state index in [1.807, 2.05) is 47.8 Å². The van der Waals surface area contributed by atoms with E-state index in [2.05, 4.69) is 10.3 Å². The van der Waals surface area contributed by atoms with Crippen LogP contribution in [0, 0.1) is 0 Å². The molecule has 5 heteroatoms. The molecular formula is C17H17N3OS. The van der Waals surface area contributed by atoms with Gasteiger partial charge in [-0.3, -0.25) is 4.79 Å². The van der Waals surface area contributed by atoms with Gasteiger partial charge in [0.2, 0.25) is 5.91 Å². The minimum atomic E-state index is -0.0547. The number of benzene rings is 2. The number of carbonyl (C=O) groups excluding carboxylic acids is 1. The van der Waals surface area contributed by atoms with Gasteiger partial charge in [-0.2, -0.15) is 0 Å². The quantitative estimate of drug-likeness (QED) is 0.761. The Kier molecular flexibility index (Phi) is 4.46. The molecule has 0 atom stereocenters. The Balaban J connectivity index is 1.72. The average Bonchev–Trinajstić information content (AvgIpc) is 2.95. The molecule has 0 radical (unpaired) electrons. The highest BCUT2D eigenvalue weighted by Crippen LogP contribution is 2.23. The molecule has 0 saturated carbocycles. The highest BCUT2D eigenvalue weighted by molar-refractivity contribution is 7.09. The maximum Gasteiger partial charge on any atom is 0.230 e. The van der Waals surface area contributed by atoms with E-state index < -0.39 is 0 Å². The van der Waals surface area contributed by atoms with Crippen molar-refractivity contribution in [3.8, 4) is 0 Å². The number of amides is 1. The molecule has 0 aliphatic rings. The van der Waals surface area contributed by atoms with Crippen LogP contribution >= 0.6 is 11.3 Å². The van der Waals surface area contributed by atoms with Gasteiger partial charge >= 0.3 is 0 Å². The number of hydrogen-bond acceptors (Lipinski definition) is 4. The van der Waals surface area contributed by atoms with Gasteiger partial charge in [0, 0.05) is 22.9 Å². The molecule has 22 heavy (non-hydrogen) atoms. The van der Waals surface area contributed by atoms with Crippen LogP contribution in [-0.2, 0) is 17.6 Å². The largest absolute Gasteiger partial charge is 0.330 e. The fourth-order valence-corrected chi connectivity index (χ4v) is 3.18. The Morgan fingerprint density at radius 2 is 2.00 bits per heavy atom. The van der Waals surface area contributed by atoms with E-state index in [1.165, 1.54) is 0 Å². The van der Waals surface area contributed by atoms with Gasteiger partial charge in [0.15, 0.2) is 0 Å². The highest BCUT2D eigenvalue weighted by Gasteiger charge is 2.09. The zero-order valence-corrected chi connectivity index (χ0v) is 12.9. The topological polar surface area (TPSA) is 68.0 Å². The summed E-state index contributed by atoms with van der Waals surface area (Å²) >= 11 is 1.55. The van der Waals surface area contributed by atoms with Crippen LogP contribution in [0.4, 0.5) is 5.69 Å². The van der Waals surface area contributed by atoms with Crippen molar-refractivity contribution in [2.45, 2.75) is 12.8 Å². The van der Waals surface area contributed by atoms with Gasteiger partial charge in [0.05, 0.1) is 17.1 Å². The molecule has 0 unspecified atom stereocenters. The molecule has 3 N–H and O–H groups in total. The van der Waals surface area contributed by atoms with Crippen molar-refractivity contribution in [3.05, 3.63) is 58.5 Å². The summed E-state index contributed by atoms with van der Waals surface area (Å²) in [6.07, 6.45) is 1.04. The molecule has 1 heterocycles. The van der Waals surface area contributed by atoms with Crippen molar-refractivity contribution in [2.24, 2.45) is 5.73 Å². The SMILES string of the molecule is NCCc1nc(CC(=O)Nc2cccc3ccccc23)cs1. The molecule has 3 rings (SSSR count). The van der Waals surface area contributed by atoms with E-state index in [1.54, 1.807) is 11.3 Å². The molecule has 0 bridgehead atoms. The molecule has 1 aromatic heterocycles. The average molecular weight is 311 g/mol. The van der Waals surface area contributed by atoms with E-state index in [4.69, 9.17) is 5.73 Å². The number of fused-ring (bicyclic) bond motifs is 1. The summed E-state index contributed by atoms with van der Waals surface area (Å²) in [6, 6.07) is 13.9. The molecule has 0 aliphatic heterocycles. The lowest BCUT2D eigenvalue weighted by Gasteiger charge is -2.08. The molecule has 0 aliphatic carbocycles. The van der Waals surface area contributed by atoms with E-state index in [0.29, 0.717) is 6.54 Å². The summed E-state index contributed by atoms with van der Waals surface area (Å²) < 4.78 is 0. The lowest BCUT2D eigenvalue weighted by molar-refractivity contribution is -0.115. The lowest BCUT2D eigenvalue weighted by Crippen LogP contribution is -2.15. The second kappa shape index (κ2) is 6.68. The fraction of sp³-hybridized carbons (Fsp3) is 0.176. The molecule has 4 nitrogen and oxygen atoms in total. The summed E-state index contributed by atoms with van der Waals surface area (Å²) in [5.41, 5.74) is 7.14. The van der Waals surface area contributed by atoms with Gasteiger partial charge in [0.1, 0.15) is 0 Å². The normalized spacial score (nSPS) is 10.8. The van der Waals surface area contributed by atoms with Gasteiger partial charge in [0.25, 0.3) is 0 Å². The molecule has 1 amide bonds. The van der Waals surface area contributed by atoms with E-state index in [0.717, 1.165) is 33.6 Å². The first-order valence-electron chi connectivity index (χ1n) is 7.17. The third-order valence-electron chi connectivity index (χ3n) is 3.36. The van der Waals surface area contributed by atoms with Crippen LogP contribution in [0.1, 0.15) is 10.7 Å². The van der Waals surface area contributed by atoms with Crippen LogP contribution in [0.3, 0.4) is 0 Å². The van der Waals surface area contributed by atoms with Crippen molar-refractivity contribution < 1.29 is 4.79 Å². The number of anilines is 1. The van der Waals surface area contributed by atoms with Crippen LogP contribution < -0.4 is 11.1 Å². The number of hydrogen-bond donors (Lipinski definition) is 2. The van der Waals surface area contributed by atoms with Crippen LogP contribution in [-0.4, -0.2) is 17.4 Å². The zero-order valence-electron chi connectivity index (χ0n) is 12.1. The van der Waals surface area contributed by atoms with Gasteiger partial charge in [-0.05, 0) is 18.0 Å². The van der Waals surface area contributed by atoms with Crippen LogP contribution in [0.5, 0.6) is 0 Å². The third-order valence-corrected chi connectivity index (χ3v) is 4.32. The second-order valence-electron chi connectivity index (χ2n) is 5.02. The minimum absolute atomic E-state index is 0.0547. The monoisotopic (exact) mass is 311 g/mol. The summed E-state index contributed by atoms with van der Waals surface area (Å²) in [4.78, 5) is 16.6. The number of aromatic nitrogens is 1. The van der Waals surface area contributed by atoms with Crippen molar-refractivity contribution in [1.29, 1.82) is 0 Å². The molecule has 112 valence electrons. The van der Waals surface area contributed by atoms with Gasteiger partial charge in [-0.25, -0.2) is 4.98 Å². The van der Waals surface area contributed by atoms with Crippen LogP contribution in [0.25, 0.3) is 10.8 Å². The highest BCUT2D eigenvalue weighted by atomic mass is 32.1. The maximum atomic E-state index is 12.2. The first kappa shape index (κ1) is 14.7. The van der Waals surface area contributed by atoms with Gasteiger partial charge < -0.3 is 11.1 Å². The van der Waals surface area contributed by atoms with Crippen molar-refractivity contribution >= 4 is 33.7 Å². The van der Waals surface area contributed by atoms with Crippen LogP contribution in [0.15, 0.2) is 47.8 Å². The summed E-state index contributed by atoms with van der Waals surface area (Å²) in [6.45, 7) is 0.579. The van der Waals surface area contributed by atoms with E-state index >= 15 is 0 Å². The van der Waals surface area contributed by atoms with Crippen molar-refractivity contribution in [3.63, 3.8) is 0 Å². The van der Waals surface area contributed by atoms with Gasteiger partial charge in [-0.15, -0.1) is 11.3 Å². The Morgan fingerprint density at radius 3 is 2.86 bits per heavy atom. The van der Waals surface area contributed by atoms with E-state index in [9.17, 15) is 4.79 Å². The maximum absolute atomic E-state index is 12.2.